The van der Waals surface area contributed by atoms with E-state index in [0.29, 0.717) is 12.1 Å². The number of carboxylic acid groups (broad SMARTS) is 1. The number of rotatable bonds is 8. The van der Waals surface area contributed by atoms with Crippen LogP contribution in [0.5, 0.6) is 0 Å². The Balaban J connectivity index is 2.62. The van der Waals surface area contributed by atoms with Crippen LogP contribution in [0.2, 0.25) is 0 Å². The fourth-order valence-corrected chi connectivity index (χ4v) is 3.18. The number of aliphatic carboxylic acids is 1. The second-order valence-corrected chi connectivity index (χ2v) is 7.44. The van der Waals surface area contributed by atoms with Crippen LogP contribution in [0, 0.1) is 0 Å². The number of nitrogens with one attached hydrogen (secondary N) is 2. The van der Waals surface area contributed by atoms with Crippen molar-refractivity contribution in [3.63, 3.8) is 0 Å². The van der Waals surface area contributed by atoms with E-state index in [4.69, 9.17) is 0 Å². The smallest absolute Gasteiger partial charge is 0.312 e. The summed E-state index contributed by atoms with van der Waals surface area (Å²) in [6, 6.07) is 8.94. The van der Waals surface area contributed by atoms with Crippen LogP contribution in [0.15, 0.2) is 30.3 Å². The number of hydrogen-bond acceptors (Lipinski definition) is 4. The predicted octanol–water partition coefficient (Wildman–Crippen LogP) is 0.772. The Morgan fingerprint density at radius 2 is 1.86 bits per heavy atom. The molecule has 3 N–H and O–H groups in total. The Morgan fingerprint density at radius 3 is 2.33 bits per heavy atom. The molecule has 1 aromatic rings. The summed E-state index contributed by atoms with van der Waals surface area (Å²) in [5.74, 6) is -1.58. The Hall–Kier alpha value is -1.44. The molecular formula is C14H22N2O4S. The molecule has 0 aliphatic heterocycles. The molecular weight excluding hydrogens is 292 g/mol. The van der Waals surface area contributed by atoms with E-state index in [0.717, 1.165) is 6.26 Å². The topological polar surface area (TPSA) is 95.5 Å². The van der Waals surface area contributed by atoms with Crippen LogP contribution in [0.25, 0.3) is 0 Å². The van der Waals surface area contributed by atoms with Gasteiger partial charge in [-0.15, -0.1) is 0 Å². The summed E-state index contributed by atoms with van der Waals surface area (Å²) >= 11 is 0. The van der Waals surface area contributed by atoms with E-state index in [2.05, 4.69) is 10.0 Å². The molecule has 21 heavy (non-hydrogen) atoms. The summed E-state index contributed by atoms with van der Waals surface area (Å²) in [7, 11) is -3.31. The van der Waals surface area contributed by atoms with Gasteiger partial charge in [0.2, 0.25) is 10.0 Å². The first kappa shape index (κ1) is 17.6. The van der Waals surface area contributed by atoms with Crippen LogP contribution >= 0.6 is 0 Å². The van der Waals surface area contributed by atoms with Gasteiger partial charge in [0.05, 0.1) is 12.2 Å². The van der Waals surface area contributed by atoms with Gasteiger partial charge in [-0.1, -0.05) is 30.3 Å². The maximum Gasteiger partial charge on any atom is 0.312 e. The van der Waals surface area contributed by atoms with Crippen molar-refractivity contribution in [1.82, 2.24) is 10.0 Å². The standard InChI is InChI=1S/C14H22N2O4S/c1-14(2,16-21(3,19)20)10-15-9-12(13(17)18)11-7-5-4-6-8-11/h4-8,12,15-16H,9-10H2,1-3H3,(H,17,18). The van der Waals surface area contributed by atoms with Crippen LogP contribution in [0.1, 0.15) is 25.3 Å². The van der Waals surface area contributed by atoms with Gasteiger partial charge in [0, 0.05) is 18.6 Å². The van der Waals surface area contributed by atoms with Crippen LogP contribution in [0.4, 0.5) is 0 Å². The highest BCUT2D eigenvalue weighted by Crippen LogP contribution is 2.15. The minimum Gasteiger partial charge on any atom is -0.481 e. The van der Waals surface area contributed by atoms with Gasteiger partial charge in [0.15, 0.2) is 0 Å². The lowest BCUT2D eigenvalue weighted by atomic mass is 9.99. The molecule has 0 spiro atoms. The minimum atomic E-state index is -3.31. The number of benzene rings is 1. The summed E-state index contributed by atoms with van der Waals surface area (Å²) in [5.41, 5.74) is 0.0271. The van der Waals surface area contributed by atoms with Gasteiger partial charge in [-0.3, -0.25) is 4.79 Å². The summed E-state index contributed by atoms with van der Waals surface area (Å²) in [5, 5.41) is 12.3. The molecule has 1 aromatic carbocycles. The molecule has 1 unspecified atom stereocenters. The van der Waals surface area contributed by atoms with Crippen molar-refractivity contribution in [3.05, 3.63) is 35.9 Å². The molecule has 0 bridgehead atoms. The molecule has 0 aromatic heterocycles. The van der Waals surface area contributed by atoms with Crippen molar-refractivity contribution in [2.45, 2.75) is 25.3 Å². The number of carbonyl (C=O) groups is 1. The predicted molar refractivity (Wildman–Crippen MR) is 81.7 cm³/mol. The fraction of sp³-hybridized carbons (Fsp3) is 0.500. The largest absolute Gasteiger partial charge is 0.481 e. The van der Waals surface area contributed by atoms with E-state index in [1.54, 1.807) is 38.1 Å². The molecule has 7 heteroatoms. The first-order valence-electron chi connectivity index (χ1n) is 6.58. The Labute approximate surface area is 125 Å². The zero-order chi connectivity index (χ0) is 16.1. The lowest BCUT2D eigenvalue weighted by Crippen LogP contribution is -2.50. The van der Waals surface area contributed by atoms with E-state index in [9.17, 15) is 18.3 Å². The summed E-state index contributed by atoms with van der Waals surface area (Å²) in [4.78, 5) is 11.3. The van der Waals surface area contributed by atoms with Gasteiger partial charge in [-0.2, -0.15) is 0 Å². The molecule has 118 valence electrons. The second kappa shape index (κ2) is 7.02. The quantitative estimate of drug-likeness (QED) is 0.659. The first-order valence-corrected chi connectivity index (χ1v) is 8.47. The van der Waals surface area contributed by atoms with E-state index < -0.39 is 27.4 Å². The van der Waals surface area contributed by atoms with Crippen molar-refractivity contribution in [1.29, 1.82) is 0 Å². The summed E-state index contributed by atoms with van der Waals surface area (Å²) in [6.45, 7) is 4.03. The molecule has 0 saturated heterocycles. The Bertz CT molecular complexity index is 570. The first-order chi connectivity index (χ1) is 9.61. The van der Waals surface area contributed by atoms with Gasteiger partial charge in [0.1, 0.15) is 0 Å². The van der Waals surface area contributed by atoms with E-state index in [1.807, 2.05) is 6.07 Å². The Kier molecular flexibility index (Phi) is 5.88. The third-order valence-electron chi connectivity index (χ3n) is 2.88. The number of hydrogen-bond donors (Lipinski definition) is 3. The molecule has 0 saturated carbocycles. The molecule has 0 heterocycles. The maximum absolute atomic E-state index is 11.3. The highest BCUT2D eigenvalue weighted by molar-refractivity contribution is 7.88. The zero-order valence-electron chi connectivity index (χ0n) is 12.5. The average Bonchev–Trinajstić information content (AvgIpc) is 2.32. The fourth-order valence-electron chi connectivity index (χ4n) is 2.10. The van der Waals surface area contributed by atoms with Crippen LogP contribution in [0.3, 0.4) is 0 Å². The second-order valence-electron chi connectivity index (χ2n) is 5.69. The van der Waals surface area contributed by atoms with Crippen molar-refractivity contribution < 1.29 is 18.3 Å². The molecule has 0 radical (unpaired) electrons. The van der Waals surface area contributed by atoms with Crippen molar-refractivity contribution >= 4 is 16.0 Å². The normalized spacial score (nSPS) is 13.9. The van der Waals surface area contributed by atoms with E-state index in [-0.39, 0.29) is 6.54 Å². The minimum absolute atomic E-state index is 0.230. The molecule has 0 amide bonds. The van der Waals surface area contributed by atoms with Gasteiger partial charge in [0.25, 0.3) is 0 Å². The van der Waals surface area contributed by atoms with Crippen LogP contribution < -0.4 is 10.0 Å². The number of carboxylic acids is 1. The molecule has 0 aliphatic carbocycles. The summed E-state index contributed by atoms with van der Waals surface area (Å²) < 4.78 is 25.0. The lowest BCUT2D eigenvalue weighted by molar-refractivity contribution is -0.138. The highest BCUT2D eigenvalue weighted by Gasteiger charge is 2.24. The highest BCUT2D eigenvalue weighted by atomic mass is 32.2. The monoisotopic (exact) mass is 314 g/mol. The molecule has 1 atom stereocenters. The maximum atomic E-state index is 11.3. The molecule has 6 nitrogen and oxygen atoms in total. The van der Waals surface area contributed by atoms with Crippen molar-refractivity contribution in [2.75, 3.05) is 19.3 Å². The zero-order valence-corrected chi connectivity index (χ0v) is 13.3. The lowest BCUT2D eigenvalue weighted by Gasteiger charge is -2.26. The third kappa shape index (κ3) is 6.70. The third-order valence-corrected chi connectivity index (χ3v) is 3.80. The van der Waals surface area contributed by atoms with Crippen LogP contribution in [-0.2, 0) is 14.8 Å². The molecule has 0 fully saturated rings. The average molecular weight is 314 g/mol. The molecule has 1 rings (SSSR count). The number of sulfonamides is 1. The van der Waals surface area contributed by atoms with Gasteiger partial charge >= 0.3 is 5.97 Å². The van der Waals surface area contributed by atoms with Crippen LogP contribution in [-0.4, -0.2) is 44.4 Å². The van der Waals surface area contributed by atoms with Gasteiger partial charge in [-0.05, 0) is 19.4 Å². The molecule has 0 aliphatic rings. The van der Waals surface area contributed by atoms with Crippen molar-refractivity contribution in [2.24, 2.45) is 0 Å². The van der Waals surface area contributed by atoms with Gasteiger partial charge in [-0.25, -0.2) is 13.1 Å². The van der Waals surface area contributed by atoms with Crippen molar-refractivity contribution in [3.8, 4) is 0 Å². The summed E-state index contributed by atoms with van der Waals surface area (Å²) in [6.07, 6.45) is 1.10. The van der Waals surface area contributed by atoms with Gasteiger partial charge < -0.3 is 10.4 Å². The van der Waals surface area contributed by atoms with E-state index in [1.165, 1.54) is 0 Å². The Morgan fingerprint density at radius 1 is 1.29 bits per heavy atom. The SMILES string of the molecule is CC(C)(CNCC(C(=O)O)c1ccccc1)NS(C)(=O)=O. The van der Waals surface area contributed by atoms with E-state index >= 15 is 0 Å².